The molecule has 1 heterocycles. The number of benzene rings is 1. The fourth-order valence-electron chi connectivity index (χ4n) is 2.36. The third-order valence-electron chi connectivity index (χ3n) is 3.76. The highest BCUT2D eigenvalue weighted by Gasteiger charge is 2.20. The Hall–Kier alpha value is -1.46. The molecule has 22 heavy (non-hydrogen) atoms. The summed E-state index contributed by atoms with van der Waals surface area (Å²) in [6.07, 6.45) is 3.41. The molecule has 0 saturated heterocycles. The lowest BCUT2D eigenvalue weighted by Crippen LogP contribution is -2.35. The van der Waals surface area contributed by atoms with Crippen LogP contribution in [0.4, 0.5) is 0 Å². The van der Waals surface area contributed by atoms with Crippen molar-refractivity contribution in [1.29, 1.82) is 0 Å². The van der Waals surface area contributed by atoms with Gasteiger partial charge in [-0.2, -0.15) is 0 Å². The van der Waals surface area contributed by atoms with Gasteiger partial charge in [-0.15, -0.1) is 12.4 Å². The molecular formula is C16H23ClN2O3. The number of ether oxygens (including phenoxy) is 2. The molecule has 2 aliphatic rings. The van der Waals surface area contributed by atoms with Crippen molar-refractivity contribution in [2.45, 2.75) is 19.3 Å². The first-order valence-electron chi connectivity index (χ1n) is 7.67. The first-order valence-corrected chi connectivity index (χ1v) is 7.67. The van der Waals surface area contributed by atoms with Crippen molar-refractivity contribution in [3.8, 4) is 11.5 Å². The number of carbonyl (C=O) groups is 1. The van der Waals surface area contributed by atoms with Gasteiger partial charge in [0.2, 0.25) is 5.91 Å². The molecule has 1 aliphatic heterocycles. The fourth-order valence-corrected chi connectivity index (χ4v) is 2.36. The molecule has 1 aromatic carbocycles. The van der Waals surface area contributed by atoms with Crippen LogP contribution in [-0.2, 0) is 11.2 Å². The van der Waals surface area contributed by atoms with Crippen LogP contribution in [0.15, 0.2) is 18.2 Å². The van der Waals surface area contributed by atoms with Crippen molar-refractivity contribution in [2.75, 3.05) is 32.8 Å². The first-order chi connectivity index (χ1) is 10.3. The van der Waals surface area contributed by atoms with Crippen molar-refractivity contribution < 1.29 is 14.3 Å². The van der Waals surface area contributed by atoms with E-state index in [1.807, 2.05) is 18.2 Å². The van der Waals surface area contributed by atoms with Crippen LogP contribution in [0.3, 0.4) is 0 Å². The molecule has 0 unspecified atom stereocenters. The van der Waals surface area contributed by atoms with Crippen LogP contribution in [0, 0.1) is 5.92 Å². The van der Waals surface area contributed by atoms with Gasteiger partial charge < -0.3 is 20.1 Å². The number of fused-ring (bicyclic) bond motifs is 1. The Labute approximate surface area is 137 Å². The van der Waals surface area contributed by atoms with Gasteiger partial charge in [0.25, 0.3) is 0 Å². The van der Waals surface area contributed by atoms with Gasteiger partial charge in [-0.05, 0) is 49.4 Å². The fraction of sp³-hybridized carbons (Fsp3) is 0.562. The number of amides is 1. The van der Waals surface area contributed by atoms with E-state index in [0.29, 0.717) is 26.3 Å². The average molecular weight is 327 g/mol. The van der Waals surface area contributed by atoms with E-state index in [4.69, 9.17) is 9.47 Å². The molecule has 0 bridgehead atoms. The summed E-state index contributed by atoms with van der Waals surface area (Å²) in [5.41, 5.74) is 1.14. The van der Waals surface area contributed by atoms with E-state index in [1.54, 1.807) is 0 Å². The van der Waals surface area contributed by atoms with Gasteiger partial charge in [0.1, 0.15) is 13.2 Å². The summed E-state index contributed by atoms with van der Waals surface area (Å²) in [5.74, 6) is 2.47. The largest absolute Gasteiger partial charge is 0.486 e. The molecule has 1 amide bonds. The summed E-state index contributed by atoms with van der Waals surface area (Å²) in [7, 11) is 0. The molecule has 3 rings (SSSR count). The molecule has 0 atom stereocenters. The molecule has 1 aliphatic carbocycles. The van der Waals surface area contributed by atoms with Crippen LogP contribution in [0.2, 0.25) is 0 Å². The maximum atomic E-state index is 11.6. The maximum Gasteiger partial charge on any atom is 0.233 e. The van der Waals surface area contributed by atoms with E-state index in [2.05, 4.69) is 10.6 Å². The summed E-state index contributed by atoms with van der Waals surface area (Å²) < 4.78 is 11.0. The number of hydrogen-bond acceptors (Lipinski definition) is 4. The Balaban J connectivity index is 0.00000176. The van der Waals surface area contributed by atoms with Gasteiger partial charge in [-0.3, -0.25) is 4.79 Å². The van der Waals surface area contributed by atoms with E-state index >= 15 is 0 Å². The van der Waals surface area contributed by atoms with Crippen LogP contribution in [0.1, 0.15) is 18.4 Å². The van der Waals surface area contributed by atoms with Crippen molar-refractivity contribution in [2.24, 2.45) is 5.92 Å². The van der Waals surface area contributed by atoms with Crippen LogP contribution < -0.4 is 20.1 Å². The zero-order chi connectivity index (χ0) is 14.5. The smallest absolute Gasteiger partial charge is 0.233 e. The van der Waals surface area contributed by atoms with Crippen molar-refractivity contribution in [3.05, 3.63) is 23.8 Å². The number of rotatable bonds is 7. The van der Waals surface area contributed by atoms with Crippen LogP contribution >= 0.6 is 12.4 Å². The second kappa shape index (κ2) is 8.25. The monoisotopic (exact) mass is 326 g/mol. The minimum absolute atomic E-state index is 0. The Morgan fingerprint density at radius 2 is 1.95 bits per heavy atom. The molecule has 0 spiro atoms. The van der Waals surface area contributed by atoms with Crippen LogP contribution in [-0.4, -0.2) is 38.8 Å². The molecule has 0 radical (unpaired) electrons. The van der Waals surface area contributed by atoms with Crippen molar-refractivity contribution in [3.63, 3.8) is 0 Å². The van der Waals surface area contributed by atoms with Crippen LogP contribution in [0.25, 0.3) is 0 Å². The molecule has 1 aromatic rings. The zero-order valence-electron chi connectivity index (χ0n) is 12.6. The third-order valence-corrected chi connectivity index (χ3v) is 3.76. The van der Waals surface area contributed by atoms with E-state index in [-0.39, 0.29) is 18.3 Å². The summed E-state index contributed by atoms with van der Waals surface area (Å²) in [6.45, 7) is 3.23. The molecule has 122 valence electrons. The lowest BCUT2D eigenvalue weighted by molar-refractivity contribution is -0.120. The molecule has 2 N–H and O–H groups in total. The van der Waals surface area contributed by atoms with E-state index in [1.165, 1.54) is 12.8 Å². The van der Waals surface area contributed by atoms with E-state index in [0.717, 1.165) is 35.9 Å². The van der Waals surface area contributed by atoms with E-state index in [9.17, 15) is 4.79 Å². The van der Waals surface area contributed by atoms with Gasteiger partial charge in [0.15, 0.2) is 11.5 Å². The standard InChI is InChI=1S/C16H22N2O3.ClH/c19-16(11-17-10-13-1-2-13)18-6-5-12-3-4-14-15(9-12)21-8-7-20-14;/h3-4,9,13,17H,1-2,5-8,10-11H2,(H,18,19);1H. The zero-order valence-corrected chi connectivity index (χ0v) is 13.4. The number of nitrogens with one attached hydrogen (secondary N) is 2. The van der Waals surface area contributed by atoms with Crippen molar-refractivity contribution >= 4 is 18.3 Å². The summed E-state index contributed by atoms with van der Waals surface area (Å²) >= 11 is 0. The number of carbonyl (C=O) groups excluding carboxylic acids is 1. The number of hydrogen-bond donors (Lipinski definition) is 2. The van der Waals surface area contributed by atoms with Crippen LogP contribution in [0.5, 0.6) is 11.5 Å². The Morgan fingerprint density at radius 1 is 1.18 bits per heavy atom. The highest BCUT2D eigenvalue weighted by molar-refractivity contribution is 5.85. The minimum atomic E-state index is 0. The Morgan fingerprint density at radius 3 is 2.73 bits per heavy atom. The lowest BCUT2D eigenvalue weighted by atomic mass is 10.1. The van der Waals surface area contributed by atoms with Gasteiger partial charge in [0.05, 0.1) is 6.54 Å². The molecule has 6 heteroatoms. The number of halogens is 1. The summed E-state index contributed by atoms with van der Waals surface area (Å²) in [4.78, 5) is 11.6. The topological polar surface area (TPSA) is 59.6 Å². The Kier molecular flexibility index (Phi) is 6.34. The summed E-state index contributed by atoms with van der Waals surface area (Å²) in [6, 6.07) is 5.94. The van der Waals surface area contributed by atoms with Gasteiger partial charge in [-0.25, -0.2) is 0 Å². The van der Waals surface area contributed by atoms with Crippen molar-refractivity contribution in [1.82, 2.24) is 10.6 Å². The second-order valence-corrected chi connectivity index (χ2v) is 5.65. The van der Waals surface area contributed by atoms with E-state index < -0.39 is 0 Å². The maximum absolute atomic E-state index is 11.6. The molecule has 0 aromatic heterocycles. The molecule has 1 saturated carbocycles. The van der Waals surface area contributed by atoms with Gasteiger partial charge in [-0.1, -0.05) is 6.07 Å². The SMILES string of the molecule is Cl.O=C(CNCC1CC1)NCCc1ccc2c(c1)OCCO2. The predicted octanol–water partition coefficient (Wildman–Crippen LogP) is 1.54. The quantitative estimate of drug-likeness (QED) is 0.798. The molecule has 1 fully saturated rings. The third kappa shape index (κ3) is 5.07. The van der Waals surface area contributed by atoms with Gasteiger partial charge in [0, 0.05) is 6.54 Å². The lowest BCUT2D eigenvalue weighted by Gasteiger charge is -2.18. The highest BCUT2D eigenvalue weighted by Crippen LogP contribution is 2.30. The van der Waals surface area contributed by atoms with Gasteiger partial charge >= 0.3 is 0 Å². The predicted molar refractivity (Wildman–Crippen MR) is 87.0 cm³/mol. The first kappa shape index (κ1) is 16.9. The Bertz CT molecular complexity index is 506. The second-order valence-electron chi connectivity index (χ2n) is 5.65. The molecule has 5 nitrogen and oxygen atoms in total. The average Bonchev–Trinajstić information content (AvgIpc) is 3.31. The highest BCUT2D eigenvalue weighted by atomic mass is 35.5. The molecular weight excluding hydrogens is 304 g/mol. The normalized spacial score (nSPS) is 15.8. The minimum Gasteiger partial charge on any atom is -0.486 e. The summed E-state index contributed by atoms with van der Waals surface area (Å²) in [5, 5.41) is 6.12.